The Hall–Kier alpha value is -1.92. The van der Waals surface area contributed by atoms with Gasteiger partial charge in [-0.25, -0.2) is 14.4 Å². The molecule has 1 saturated heterocycles. The second-order valence-electron chi connectivity index (χ2n) is 6.93. The van der Waals surface area contributed by atoms with Crippen LogP contribution >= 0.6 is 11.6 Å². The maximum Gasteiger partial charge on any atom is 0.218 e. The van der Waals surface area contributed by atoms with Crippen LogP contribution in [-0.2, 0) is 6.54 Å². The van der Waals surface area contributed by atoms with Gasteiger partial charge in [-0.15, -0.1) is 0 Å². The molecule has 1 aliphatic heterocycles. The Balaban J connectivity index is 1.49. The van der Waals surface area contributed by atoms with Crippen molar-refractivity contribution < 1.29 is 9.13 Å². The summed E-state index contributed by atoms with van der Waals surface area (Å²) in [6.45, 7) is 2.32. The molecule has 1 aromatic heterocycles. The summed E-state index contributed by atoms with van der Waals surface area (Å²) in [7, 11) is 1.61. The molecule has 4 rings (SSSR count). The van der Waals surface area contributed by atoms with Crippen molar-refractivity contribution in [2.75, 3.05) is 25.1 Å². The molecule has 7 heteroatoms. The molecule has 0 amide bonds. The van der Waals surface area contributed by atoms with Crippen LogP contribution in [0.2, 0.25) is 5.02 Å². The van der Waals surface area contributed by atoms with E-state index in [4.69, 9.17) is 16.3 Å². The van der Waals surface area contributed by atoms with Crippen molar-refractivity contribution in [3.05, 3.63) is 47.0 Å². The van der Waals surface area contributed by atoms with Gasteiger partial charge in [-0.1, -0.05) is 17.7 Å². The number of likely N-dealkylation sites (tertiary alicyclic amines) is 1. The zero-order valence-electron chi connectivity index (χ0n) is 14.7. The molecule has 0 radical (unpaired) electrons. The third-order valence-corrected chi connectivity index (χ3v) is 5.48. The van der Waals surface area contributed by atoms with Crippen LogP contribution < -0.4 is 9.64 Å². The van der Waals surface area contributed by atoms with Gasteiger partial charge in [-0.05, 0) is 31.4 Å². The van der Waals surface area contributed by atoms with Crippen molar-refractivity contribution in [1.29, 1.82) is 0 Å². The van der Waals surface area contributed by atoms with Gasteiger partial charge >= 0.3 is 0 Å². The first-order valence-electron chi connectivity index (χ1n) is 8.95. The van der Waals surface area contributed by atoms with E-state index >= 15 is 0 Å². The fourth-order valence-electron chi connectivity index (χ4n) is 3.70. The van der Waals surface area contributed by atoms with Crippen molar-refractivity contribution in [1.82, 2.24) is 14.9 Å². The number of benzene rings is 1. The minimum atomic E-state index is -0.236. The predicted molar refractivity (Wildman–Crippen MR) is 99.2 cm³/mol. The van der Waals surface area contributed by atoms with Gasteiger partial charge in [0.2, 0.25) is 5.88 Å². The number of hydrogen-bond donors (Lipinski definition) is 0. The minimum absolute atomic E-state index is 0.236. The third-order valence-electron chi connectivity index (χ3n) is 5.13. The van der Waals surface area contributed by atoms with Crippen LogP contribution in [0, 0.1) is 5.82 Å². The second-order valence-corrected chi connectivity index (χ2v) is 7.34. The quantitative estimate of drug-likeness (QED) is 0.771. The predicted octanol–water partition coefficient (Wildman–Crippen LogP) is 3.52. The van der Waals surface area contributed by atoms with Crippen molar-refractivity contribution in [2.24, 2.45) is 0 Å². The molecule has 1 aromatic carbocycles. The first kappa shape index (κ1) is 17.5. The molecule has 2 heterocycles. The Morgan fingerprint density at radius 1 is 1.27 bits per heavy atom. The van der Waals surface area contributed by atoms with Crippen LogP contribution in [0.5, 0.6) is 5.88 Å². The highest BCUT2D eigenvalue weighted by molar-refractivity contribution is 6.31. The maximum absolute atomic E-state index is 14.1. The fourth-order valence-corrected chi connectivity index (χ4v) is 3.92. The van der Waals surface area contributed by atoms with Crippen LogP contribution in [0.1, 0.15) is 24.8 Å². The molecule has 5 nitrogen and oxygen atoms in total. The Bertz CT molecular complexity index is 766. The smallest absolute Gasteiger partial charge is 0.218 e. The van der Waals surface area contributed by atoms with E-state index in [-0.39, 0.29) is 5.82 Å². The number of hydrogen-bond acceptors (Lipinski definition) is 5. The van der Waals surface area contributed by atoms with Crippen molar-refractivity contribution >= 4 is 17.4 Å². The summed E-state index contributed by atoms with van der Waals surface area (Å²) in [5, 5.41) is 0.494. The molecule has 1 saturated carbocycles. The molecular weight excluding hydrogens is 355 g/mol. The van der Waals surface area contributed by atoms with E-state index in [0.29, 0.717) is 35.1 Å². The van der Waals surface area contributed by atoms with E-state index < -0.39 is 0 Å². The van der Waals surface area contributed by atoms with E-state index in [9.17, 15) is 4.39 Å². The lowest BCUT2D eigenvalue weighted by Crippen LogP contribution is -2.40. The van der Waals surface area contributed by atoms with E-state index in [2.05, 4.69) is 19.8 Å². The summed E-state index contributed by atoms with van der Waals surface area (Å²) in [6.07, 6.45) is 4.94. The van der Waals surface area contributed by atoms with Gasteiger partial charge in [-0.2, -0.15) is 0 Å². The van der Waals surface area contributed by atoms with Crippen molar-refractivity contribution in [3.63, 3.8) is 0 Å². The Labute approximate surface area is 157 Å². The number of ether oxygens (including phenoxy) is 1. The third kappa shape index (κ3) is 3.62. The summed E-state index contributed by atoms with van der Waals surface area (Å²) in [5.74, 6) is 1.25. The summed E-state index contributed by atoms with van der Waals surface area (Å²) in [6, 6.07) is 7.64. The van der Waals surface area contributed by atoms with Gasteiger partial charge in [0.05, 0.1) is 7.11 Å². The normalized spacial score (nSPS) is 20.3. The van der Waals surface area contributed by atoms with Gasteiger partial charge in [0.25, 0.3) is 0 Å². The largest absolute Gasteiger partial charge is 0.481 e. The molecule has 1 atom stereocenters. The van der Waals surface area contributed by atoms with E-state index in [1.165, 1.54) is 18.9 Å². The molecule has 0 N–H and O–H groups in total. The van der Waals surface area contributed by atoms with Gasteiger partial charge in [0.15, 0.2) is 0 Å². The number of methoxy groups -OCH3 is 1. The van der Waals surface area contributed by atoms with Crippen LogP contribution in [0.3, 0.4) is 0 Å². The van der Waals surface area contributed by atoms with Gasteiger partial charge in [0.1, 0.15) is 18.0 Å². The van der Waals surface area contributed by atoms with Gasteiger partial charge < -0.3 is 9.64 Å². The monoisotopic (exact) mass is 376 g/mol. The molecule has 1 aliphatic carbocycles. The zero-order chi connectivity index (χ0) is 18.1. The first-order chi connectivity index (χ1) is 12.7. The second kappa shape index (κ2) is 7.37. The highest BCUT2D eigenvalue weighted by atomic mass is 35.5. The number of aromatic nitrogens is 2. The summed E-state index contributed by atoms with van der Waals surface area (Å²) in [5.41, 5.74) is 0.580. The van der Waals surface area contributed by atoms with Crippen molar-refractivity contribution in [3.8, 4) is 5.88 Å². The van der Waals surface area contributed by atoms with Gasteiger partial charge in [0, 0.05) is 48.4 Å². The van der Waals surface area contributed by atoms with Crippen LogP contribution in [-0.4, -0.2) is 47.2 Å². The Morgan fingerprint density at radius 3 is 2.85 bits per heavy atom. The van der Waals surface area contributed by atoms with E-state index in [1.807, 2.05) is 6.07 Å². The molecule has 26 heavy (non-hydrogen) atoms. The summed E-state index contributed by atoms with van der Waals surface area (Å²) < 4.78 is 19.3. The number of halogens is 2. The number of rotatable bonds is 6. The van der Waals surface area contributed by atoms with E-state index in [0.717, 1.165) is 25.3 Å². The number of anilines is 1. The lowest BCUT2D eigenvalue weighted by Gasteiger charge is -2.30. The molecule has 2 fully saturated rings. The lowest BCUT2D eigenvalue weighted by molar-refractivity contribution is 0.319. The first-order valence-corrected chi connectivity index (χ1v) is 9.33. The molecule has 0 bridgehead atoms. The highest BCUT2D eigenvalue weighted by Crippen LogP contribution is 2.36. The zero-order valence-corrected chi connectivity index (χ0v) is 15.5. The molecular formula is C19H22ClFN4O. The van der Waals surface area contributed by atoms with Gasteiger partial charge in [-0.3, -0.25) is 4.90 Å². The average Bonchev–Trinajstić information content (AvgIpc) is 3.37. The Kier molecular flexibility index (Phi) is 4.96. The number of nitrogens with zero attached hydrogens (tertiary/aromatic N) is 4. The topological polar surface area (TPSA) is 41.5 Å². The highest BCUT2D eigenvalue weighted by Gasteiger charge is 2.38. The molecule has 0 spiro atoms. The maximum atomic E-state index is 14.1. The van der Waals surface area contributed by atoms with Crippen LogP contribution in [0.15, 0.2) is 30.6 Å². The summed E-state index contributed by atoms with van der Waals surface area (Å²) in [4.78, 5) is 13.2. The molecule has 1 unspecified atom stereocenters. The summed E-state index contributed by atoms with van der Waals surface area (Å²) >= 11 is 6.19. The SMILES string of the molecule is COc1cc(N(C2CC2)C2CCN(Cc3c(F)cccc3Cl)C2)ncn1. The average molecular weight is 377 g/mol. The molecule has 138 valence electrons. The fraction of sp³-hybridized carbons (Fsp3) is 0.474. The lowest BCUT2D eigenvalue weighted by atomic mass is 10.2. The van der Waals surface area contributed by atoms with Crippen LogP contribution in [0.4, 0.5) is 10.2 Å². The Morgan fingerprint density at radius 2 is 2.12 bits per heavy atom. The van der Waals surface area contributed by atoms with Crippen molar-refractivity contribution in [2.45, 2.75) is 37.9 Å². The molecule has 2 aromatic rings. The van der Waals surface area contributed by atoms with E-state index in [1.54, 1.807) is 25.6 Å². The minimum Gasteiger partial charge on any atom is -0.481 e. The standard InChI is InChI=1S/C19H22ClFN4O/c1-26-19-9-18(22-12-23-19)25(13-5-6-13)14-7-8-24(10-14)11-15-16(20)3-2-4-17(15)21/h2-4,9,12-14H,5-8,10-11H2,1H3. The molecule has 2 aliphatic rings. The van der Waals surface area contributed by atoms with Crippen LogP contribution in [0.25, 0.3) is 0 Å².